The maximum Gasteiger partial charge on any atom is 0.248 e. The van der Waals surface area contributed by atoms with Crippen molar-refractivity contribution in [3.63, 3.8) is 0 Å². The predicted octanol–water partition coefficient (Wildman–Crippen LogP) is -1.12. The van der Waals surface area contributed by atoms with E-state index in [-0.39, 0.29) is 23.8 Å². The number of nitrogens with one attached hydrogen (secondary N) is 1. The summed E-state index contributed by atoms with van der Waals surface area (Å²) in [4.78, 5) is 11.2. The van der Waals surface area contributed by atoms with E-state index in [2.05, 4.69) is 10.2 Å². The Kier molecular flexibility index (Phi) is 2.82. The van der Waals surface area contributed by atoms with Gasteiger partial charge in [-0.3, -0.25) is 9.89 Å². The molecule has 0 saturated carbocycles. The molecule has 1 fully saturated rings. The topological polar surface area (TPSA) is 135 Å². The lowest BCUT2D eigenvalue weighted by atomic mass is 9.89. The van der Waals surface area contributed by atoms with Crippen molar-refractivity contribution >= 4 is 21.7 Å². The zero-order chi connectivity index (χ0) is 13.6. The van der Waals surface area contributed by atoms with Crippen LogP contribution in [0.25, 0.3) is 0 Å². The number of hydrogen-bond donors (Lipinski definition) is 3. The smallest absolute Gasteiger partial charge is 0.248 e. The number of hydrogen-bond acceptors (Lipinski definition) is 5. The third-order valence-corrected chi connectivity index (χ3v) is 5.16. The molecule has 0 bridgehead atoms. The number of amides is 1. The molecular weight excluding hydrogens is 258 g/mol. The Balaban J connectivity index is 2.30. The molecule has 1 aliphatic heterocycles. The van der Waals surface area contributed by atoms with E-state index in [0.717, 1.165) is 6.20 Å². The molecule has 0 radical (unpaired) electrons. The van der Waals surface area contributed by atoms with Gasteiger partial charge in [0.1, 0.15) is 10.7 Å². The maximum absolute atomic E-state index is 12.3. The first kappa shape index (κ1) is 12.8. The van der Waals surface area contributed by atoms with E-state index in [1.165, 1.54) is 4.31 Å². The van der Waals surface area contributed by atoms with Crippen LogP contribution in [0, 0.1) is 5.41 Å². The van der Waals surface area contributed by atoms with E-state index in [1.807, 2.05) is 0 Å². The van der Waals surface area contributed by atoms with Gasteiger partial charge in [-0.2, -0.15) is 9.40 Å². The van der Waals surface area contributed by atoms with E-state index >= 15 is 0 Å². The van der Waals surface area contributed by atoms with Crippen LogP contribution in [0.15, 0.2) is 11.1 Å². The van der Waals surface area contributed by atoms with Crippen molar-refractivity contribution in [3.8, 4) is 0 Å². The zero-order valence-electron chi connectivity index (χ0n) is 9.88. The Morgan fingerprint density at radius 3 is 2.72 bits per heavy atom. The number of carbonyl (C=O) groups excluding carboxylic acids is 1. The molecule has 18 heavy (non-hydrogen) atoms. The number of sulfonamides is 1. The molecule has 8 nitrogen and oxygen atoms in total. The second-order valence-electron chi connectivity index (χ2n) is 4.66. The molecule has 0 aliphatic carbocycles. The van der Waals surface area contributed by atoms with Crippen LogP contribution in [-0.4, -0.2) is 41.9 Å². The van der Waals surface area contributed by atoms with Crippen LogP contribution in [-0.2, 0) is 14.8 Å². The van der Waals surface area contributed by atoms with Crippen LogP contribution in [0.2, 0.25) is 0 Å². The van der Waals surface area contributed by atoms with Gasteiger partial charge in [-0.1, -0.05) is 0 Å². The quantitative estimate of drug-likeness (QED) is 0.641. The lowest BCUT2D eigenvalue weighted by Crippen LogP contribution is -2.38. The molecule has 0 aromatic carbocycles. The van der Waals surface area contributed by atoms with Crippen molar-refractivity contribution < 1.29 is 13.2 Å². The van der Waals surface area contributed by atoms with Crippen LogP contribution < -0.4 is 11.5 Å². The zero-order valence-corrected chi connectivity index (χ0v) is 10.7. The largest absolute Gasteiger partial charge is 0.383 e. The normalized spacial score (nSPS) is 25.4. The molecule has 2 heterocycles. The van der Waals surface area contributed by atoms with Crippen molar-refractivity contribution in [1.29, 1.82) is 0 Å². The lowest BCUT2D eigenvalue weighted by Gasteiger charge is -2.20. The molecule has 1 amide bonds. The molecule has 1 saturated heterocycles. The van der Waals surface area contributed by atoms with Gasteiger partial charge in [-0.25, -0.2) is 8.42 Å². The highest BCUT2D eigenvalue weighted by molar-refractivity contribution is 7.89. The fourth-order valence-corrected chi connectivity index (χ4v) is 3.53. The highest BCUT2D eigenvalue weighted by Crippen LogP contribution is 2.33. The Labute approximate surface area is 104 Å². The summed E-state index contributed by atoms with van der Waals surface area (Å²) in [7, 11) is -3.72. The van der Waals surface area contributed by atoms with Crippen LogP contribution in [0.4, 0.5) is 5.82 Å². The summed E-state index contributed by atoms with van der Waals surface area (Å²) in [6.07, 6.45) is 1.56. The summed E-state index contributed by atoms with van der Waals surface area (Å²) < 4.78 is 25.7. The minimum atomic E-state index is -3.72. The number of nitrogens with zero attached hydrogens (tertiary/aromatic N) is 2. The summed E-state index contributed by atoms with van der Waals surface area (Å²) in [6, 6.07) is 0. The van der Waals surface area contributed by atoms with Gasteiger partial charge >= 0.3 is 0 Å². The molecule has 2 rings (SSSR count). The van der Waals surface area contributed by atoms with Crippen molar-refractivity contribution in [2.75, 3.05) is 18.8 Å². The molecule has 1 aromatic rings. The van der Waals surface area contributed by atoms with Gasteiger partial charge in [0.25, 0.3) is 0 Å². The van der Waals surface area contributed by atoms with Gasteiger partial charge in [0.15, 0.2) is 0 Å². The number of aromatic nitrogens is 2. The van der Waals surface area contributed by atoms with Crippen LogP contribution in [0.1, 0.15) is 13.3 Å². The average Bonchev–Trinajstić information content (AvgIpc) is 2.86. The Bertz CT molecular complexity index is 581. The predicted molar refractivity (Wildman–Crippen MR) is 63.7 cm³/mol. The van der Waals surface area contributed by atoms with Crippen LogP contribution in [0.5, 0.6) is 0 Å². The Morgan fingerprint density at radius 1 is 1.61 bits per heavy atom. The van der Waals surface area contributed by atoms with Crippen molar-refractivity contribution in [2.45, 2.75) is 18.2 Å². The fourth-order valence-electron chi connectivity index (χ4n) is 1.95. The number of anilines is 1. The van der Waals surface area contributed by atoms with Gasteiger partial charge in [0.2, 0.25) is 15.9 Å². The van der Waals surface area contributed by atoms with Gasteiger partial charge < -0.3 is 11.5 Å². The first-order valence-corrected chi connectivity index (χ1v) is 6.80. The first-order chi connectivity index (χ1) is 8.27. The minimum Gasteiger partial charge on any atom is -0.383 e. The third kappa shape index (κ3) is 1.85. The Hall–Kier alpha value is -1.61. The summed E-state index contributed by atoms with van der Waals surface area (Å²) in [5, 5.41) is 5.96. The summed E-state index contributed by atoms with van der Waals surface area (Å²) in [6.45, 7) is 1.96. The lowest BCUT2D eigenvalue weighted by molar-refractivity contribution is -0.126. The molecule has 9 heteroatoms. The van der Waals surface area contributed by atoms with E-state index in [4.69, 9.17) is 11.5 Å². The fraction of sp³-hybridized carbons (Fsp3) is 0.556. The van der Waals surface area contributed by atoms with E-state index in [1.54, 1.807) is 6.92 Å². The number of nitrogen functional groups attached to an aromatic ring is 1. The van der Waals surface area contributed by atoms with Crippen molar-refractivity contribution in [3.05, 3.63) is 6.20 Å². The van der Waals surface area contributed by atoms with E-state index in [0.29, 0.717) is 6.42 Å². The molecule has 0 spiro atoms. The third-order valence-electron chi connectivity index (χ3n) is 3.28. The Morgan fingerprint density at radius 2 is 2.28 bits per heavy atom. The maximum atomic E-state index is 12.3. The second-order valence-corrected chi connectivity index (χ2v) is 6.57. The van der Waals surface area contributed by atoms with Crippen molar-refractivity contribution in [2.24, 2.45) is 11.1 Å². The van der Waals surface area contributed by atoms with Crippen LogP contribution in [0.3, 0.4) is 0 Å². The number of rotatable bonds is 3. The summed E-state index contributed by atoms with van der Waals surface area (Å²) in [5.74, 6) is -0.511. The SMILES string of the molecule is CC1(C(N)=O)CCN(S(=O)(=O)c2cn[nH]c2N)C1. The molecule has 100 valence electrons. The van der Waals surface area contributed by atoms with Gasteiger partial charge in [-0.15, -0.1) is 0 Å². The molecule has 1 unspecified atom stereocenters. The molecular formula is C9H15N5O3S. The van der Waals surface area contributed by atoms with Gasteiger partial charge in [0.05, 0.1) is 11.6 Å². The van der Waals surface area contributed by atoms with Gasteiger partial charge in [0, 0.05) is 13.1 Å². The van der Waals surface area contributed by atoms with E-state index < -0.39 is 21.3 Å². The summed E-state index contributed by atoms with van der Waals surface area (Å²) >= 11 is 0. The average molecular weight is 273 g/mol. The highest BCUT2D eigenvalue weighted by Gasteiger charge is 2.44. The van der Waals surface area contributed by atoms with Gasteiger partial charge in [-0.05, 0) is 13.3 Å². The standard InChI is InChI=1S/C9H15N5O3S/c1-9(8(11)15)2-3-14(5-9)18(16,17)6-4-12-13-7(6)10/h4H,2-3,5H2,1H3,(H2,11,15)(H3,10,12,13). The number of nitrogens with two attached hydrogens (primary N) is 2. The molecule has 1 aliphatic rings. The first-order valence-electron chi connectivity index (χ1n) is 5.36. The number of carbonyl (C=O) groups is 1. The molecule has 1 atom stereocenters. The monoisotopic (exact) mass is 273 g/mol. The van der Waals surface area contributed by atoms with Crippen molar-refractivity contribution in [1.82, 2.24) is 14.5 Å². The molecule has 5 N–H and O–H groups in total. The second kappa shape index (κ2) is 3.95. The highest BCUT2D eigenvalue weighted by atomic mass is 32.2. The van der Waals surface area contributed by atoms with E-state index in [9.17, 15) is 13.2 Å². The summed E-state index contributed by atoms with van der Waals surface area (Å²) in [5.41, 5.74) is 9.96. The molecule has 1 aromatic heterocycles. The van der Waals surface area contributed by atoms with Crippen LogP contribution >= 0.6 is 0 Å². The number of H-pyrrole nitrogens is 1. The minimum absolute atomic E-state index is 0.0114. The number of primary amides is 1. The number of aromatic amines is 1.